The summed E-state index contributed by atoms with van der Waals surface area (Å²) >= 11 is 0. The first-order valence-electron chi connectivity index (χ1n) is 7.98. The van der Waals surface area contributed by atoms with Gasteiger partial charge in [-0.05, 0) is 44.0 Å². The minimum absolute atomic E-state index is 0. The Hall–Kier alpha value is -1.59. The van der Waals surface area contributed by atoms with Crippen molar-refractivity contribution in [2.75, 3.05) is 13.1 Å². The number of carbonyl (C=O) groups excluding carboxylic acids is 2. The van der Waals surface area contributed by atoms with Crippen molar-refractivity contribution >= 4 is 24.2 Å². The van der Waals surface area contributed by atoms with Crippen molar-refractivity contribution in [3.8, 4) is 0 Å². The molecule has 1 fully saturated rings. The topological polar surface area (TPSA) is 70.2 Å². The SMILES string of the molecule is CCC(C)NC(=O)c1cccc(CNC(=O)C2CCNC2)c1.Cl. The predicted octanol–water partition coefficient (Wildman–Crippen LogP) is 1.86. The van der Waals surface area contributed by atoms with Gasteiger partial charge in [0.05, 0.1) is 5.92 Å². The fourth-order valence-electron chi connectivity index (χ4n) is 2.44. The van der Waals surface area contributed by atoms with Gasteiger partial charge >= 0.3 is 0 Å². The van der Waals surface area contributed by atoms with Crippen molar-refractivity contribution in [1.82, 2.24) is 16.0 Å². The molecule has 1 saturated heterocycles. The number of halogens is 1. The summed E-state index contributed by atoms with van der Waals surface area (Å²) in [5.41, 5.74) is 1.57. The van der Waals surface area contributed by atoms with Gasteiger partial charge in [0.1, 0.15) is 0 Å². The van der Waals surface area contributed by atoms with Gasteiger partial charge in [0.25, 0.3) is 5.91 Å². The molecule has 2 amide bonds. The lowest BCUT2D eigenvalue weighted by atomic mass is 10.1. The van der Waals surface area contributed by atoms with Crippen LogP contribution in [0.15, 0.2) is 24.3 Å². The highest BCUT2D eigenvalue weighted by molar-refractivity contribution is 5.94. The van der Waals surface area contributed by atoms with Crippen molar-refractivity contribution in [1.29, 1.82) is 0 Å². The quantitative estimate of drug-likeness (QED) is 0.741. The molecular formula is C17H26ClN3O2. The van der Waals surface area contributed by atoms with Gasteiger partial charge < -0.3 is 16.0 Å². The lowest BCUT2D eigenvalue weighted by Crippen LogP contribution is -2.32. The van der Waals surface area contributed by atoms with E-state index >= 15 is 0 Å². The highest BCUT2D eigenvalue weighted by Gasteiger charge is 2.21. The maximum absolute atomic E-state index is 12.1. The molecule has 2 atom stereocenters. The summed E-state index contributed by atoms with van der Waals surface area (Å²) in [5.74, 6) is 0.0823. The number of benzene rings is 1. The van der Waals surface area contributed by atoms with Crippen molar-refractivity contribution in [3.05, 3.63) is 35.4 Å². The monoisotopic (exact) mass is 339 g/mol. The summed E-state index contributed by atoms with van der Waals surface area (Å²) in [5, 5.41) is 9.08. The van der Waals surface area contributed by atoms with Gasteiger partial charge in [-0.2, -0.15) is 0 Å². The van der Waals surface area contributed by atoms with Crippen LogP contribution in [0.2, 0.25) is 0 Å². The molecule has 1 aromatic rings. The summed E-state index contributed by atoms with van der Waals surface area (Å²) in [7, 11) is 0. The Morgan fingerprint density at radius 3 is 2.83 bits per heavy atom. The maximum atomic E-state index is 12.1. The average molecular weight is 340 g/mol. The molecule has 1 aliphatic heterocycles. The molecule has 0 radical (unpaired) electrons. The number of amides is 2. The Morgan fingerprint density at radius 2 is 2.17 bits per heavy atom. The molecule has 0 aromatic heterocycles. The minimum Gasteiger partial charge on any atom is -0.352 e. The zero-order valence-corrected chi connectivity index (χ0v) is 14.5. The van der Waals surface area contributed by atoms with Crippen molar-refractivity contribution in [2.24, 2.45) is 5.92 Å². The molecule has 0 saturated carbocycles. The van der Waals surface area contributed by atoms with Crippen LogP contribution in [0.5, 0.6) is 0 Å². The van der Waals surface area contributed by atoms with Crippen LogP contribution in [0, 0.1) is 5.92 Å². The third-order valence-electron chi connectivity index (χ3n) is 4.08. The van der Waals surface area contributed by atoms with Crippen molar-refractivity contribution < 1.29 is 9.59 Å². The molecule has 23 heavy (non-hydrogen) atoms. The first-order valence-corrected chi connectivity index (χ1v) is 7.98. The van der Waals surface area contributed by atoms with E-state index in [1.807, 2.05) is 32.0 Å². The van der Waals surface area contributed by atoms with E-state index in [0.717, 1.165) is 31.5 Å². The number of rotatable bonds is 6. The van der Waals surface area contributed by atoms with E-state index in [2.05, 4.69) is 16.0 Å². The van der Waals surface area contributed by atoms with E-state index in [4.69, 9.17) is 0 Å². The van der Waals surface area contributed by atoms with Crippen LogP contribution in [0.4, 0.5) is 0 Å². The molecule has 0 spiro atoms. The Kier molecular flexibility index (Phi) is 8.06. The molecule has 2 rings (SSSR count). The Bertz CT molecular complexity index is 530. The molecule has 0 aliphatic carbocycles. The van der Waals surface area contributed by atoms with Gasteiger partial charge in [0.15, 0.2) is 0 Å². The fraction of sp³-hybridized carbons (Fsp3) is 0.529. The number of carbonyl (C=O) groups is 2. The molecule has 6 heteroatoms. The summed E-state index contributed by atoms with van der Waals surface area (Å²) in [6.07, 6.45) is 1.79. The van der Waals surface area contributed by atoms with Crippen LogP contribution in [-0.2, 0) is 11.3 Å². The van der Waals surface area contributed by atoms with Gasteiger partial charge in [0.2, 0.25) is 5.91 Å². The molecule has 5 nitrogen and oxygen atoms in total. The van der Waals surface area contributed by atoms with E-state index in [0.29, 0.717) is 12.1 Å². The van der Waals surface area contributed by atoms with E-state index in [1.54, 1.807) is 6.07 Å². The molecule has 3 N–H and O–H groups in total. The summed E-state index contributed by atoms with van der Waals surface area (Å²) in [4.78, 5) is 24.1. The zero-order chi connectivity index (χ0) is 15.9. The number of hydrogen-bond donors (Lipinski definition) is 3. The lowest BCUT2D eigenvalue weighted by Gasteiger charge is -2.13. The second kappa shape index (κ2) is 9.53. The fourth-order valence-corrected chi connectivity index (χ4v) is 2.44. The number of hydrogen-bond acceptors (Lipinski definition) is 3. The molecule has 2 unspecified atom stereocenters. The van der Waals surface area contributed by atoms with E-state index in [1.165, 1.54) is 0 Å². The van der Waals surface area contributed by atoms with E-state index in [-0.39, 0.29) is 36.2 Å². The largest absolute Gasteiger partial charge is 0.352 e. The zero-order valence-electron chi connectivity index (χ0n) is 13.7. The lowest BCUT2D eigenvalue weighted by molar-refractivity contribution is -0.124. The Balaban J connectivity index is 0.00000264. The average Bonchev–Trinajstić information content (AvgIpc) is 3.07. The van der Waals surface area contributed by atoms with Gasteiger partial charge in [-0.25, -0.2) is 0 Å². The standard InChI is InChI=1S/C17H25N3O2.ClH/c1-3-12(2)20-17(22)14-6-4-5-13(9-14)10-19-16(21)15-7-8-18-11-15;/h4-6,9,12,15,18H,3,7-8,10-11H2,1-2H3,(H,19,21)(H,20,22);1H. The van der Waals surface area contributed by atoms with Crippen molar-refractivity contribution in [2.45, 2.75) is 39.3 Å². The first kappa shape index (κ1) is 19.5. The second-order valence-corrected chi connectivity index (χ2v) is 5.89. The number of nitrogens with one attached hydrogen (secondary N) is 3. The third kappa shape index (κ3) is 5.84. The summed E-state index contributed by atoms with van der Waals surface area (Å²) in [6, 6.07) is 7.57. The minimum atomic E-state index is -0.0671. The second-order valence-electron chi connectivity index (χ2n) is 5.89. The smallest absolute Gasteiger partial charge is 0.251 e. The van der Waals surface area contributed by atoms with E-state index in [9.17, 15) is 9.59 Å². The highest BCUT2D eigenvalue weighted by Crippen LogP contribution is 2.09. The molecule has 1 heterocycles. The Morgan fingerprint density at radius 1 is 1.39 bits per heavy atom. The Labute approximate surface area is 144 Å². The van der Waals surface area contributed by atoms with Crippen LogP contribution < -0.4 is 16.0 Å². The van der Waals surface area contributed by atoms with Gasteiger partial charge in [-0.3, -0.25) is 9.59 Å². The maximum Gasteiger partial charge on any atom is 0.251 e. The summed E-state index contributed by atoms with van der Waals surface area (Å²) < 4.78 is 0. The predicted molar refractivity (Wildman–Crippen MR) is 93.7 cm³/mol. The van der Waals surface area contributed by atoms with Crippen LogP contribution in [-0.4, -0.2) is 30.9 Å². The van der Waals surface area contributed by atoms with Crippen LogP contribution >= 0.6 is 12.4 Å². The normalized spacial score (nSPS) is 17.9. The third-order valence-corrected chi connectivity index (χ3v) is 4.08. The highest BCUT2D eigenvalue weighted by atomic mass is 35.5. The molecule has 128 valence electrons. The van der Waals surface area contributed by atoms with Crippen molar-refractivity contribution in [3.63, 3.8) is 0 Å². The van der Waals surface area contributed by atoms with Gasteiger partial charge in [-0.1, -0.05) is 19.1 Å². The van der Waals surface area contributed by atoms with Gasteiger partial charge in [0, 0.05) is 24.7 Å². The molecule has 0 bridgehead atoms. The van der Waals surface area contributed by atoms with Crippen LogP contribution in [0.3, 0.4) is 0 Å². The molecular weight excluding hydrogens is 314 g/mol. The summed E-state index contributed by atoms with van der Waals surface area (Å²) in [6.45, 7) is 6.14. The van der Waals surface area contributed by atoms with Gasteiger partial charge in [-0.15, -0.1) is 12.4 Å². The van der Waals surface area contributed by atoms with E-state index < -0.39 is 0 Å². The molecule has 1 aliphatic rings. The molecule has 1 aromatic carbocycles. The van der Waals surface area contributed by atoms with Crippen LogP contribution in [0.1, 0.15) is 42.6 Å². The first-order chi connectivity index (χ1) is 10.6. The van der Waals surface area contributed by atoms with Crippen LogP contribution in [0.25, 0.3) is 0 Å².